The number of aliphatic hydroxyl groups excluding tert-OH is 1. The van der Waals surface area contributed by atoms with Gasteiger partial charge < -0.3 is 24.5 Å². The number of likely N-dealkylation sites (tertiary alicyclic amines) is 1. The minimum atomic E-state index is -0.912. The van der Waals surface area contributed by atoms with Crippen molar-refractivity contribution in [3.63, 3.8) is 0 Å². The number of hydrogen-bond acceptors (Lipinski definition) is 7. The van der Waals surface area contributed by atoms with Crippen LogP contribution in [0.2, 0.25) is 0 Å². The van der Waals surface area contributed by atoms with Crippen molar-refractivity contribution in [2.75, 3.05) is 64.0 Å². The Labute approximate surface area is 239 Å². The van der Waals surface area contributed by atoms with Gasteiger partial charge in [0, 0.05) is 49.7 Å². The van der Waals surface area contributed by atoms with Crippen molar-refractivity contribution in [3.05, 3.63) is 54.6 Å². The molecule has 0 saturated carbocycles. The van der Waals surface area contributed by atoms with Crippen LogP contribution in [0.15, 0.2) is 54.6 Å². The molecule has 1 aromatic carbocycles. The fourth-order valence-corrected chi connectivity index (χ4v) is 9.34. The average Bonchev–Trinajstić information content (AvgIpc) is 3.25. The number of amides is 3. The highest BCUT2D eigenvalue weighted by Crippen LogP contribution is 2.65. The number of aliphatic hydroxyl groups is 1. The van der Waals surface area contributed by atoms with Gasteiger partial charge in [0.25, 0.3) is 0 Å². The lowest BCUT2D eigenvalue weighted by molar-refractivity contribution is -0.145. The Kier molecular flexibility index (Phi) is 7.31. The molecule has 6 atom stereocenters. The van der Waals surface area contributed by atoms with E-state index in [1.165, 1.54) is 0 Å². The number of carbonyl (C=O) groups excluding carboxylic acids is 3. The molecule has 3 saturated heterocycles. The predicted molar refractivity (Wildman–Crippen MR) is 154 cm³/mol. The van der Waals surface area contributed by atoms with E-state index in [9.17, 15) is 19.5 Å². The third-order valence-electron chi connectivity index (χ3n) is 9.18. The first kappa shape index (κ1) is 27.5. The zero-order valence-electron chi connectivity index (χ0n) is 23.1. The number of ether oxygens (including phenoxy) is 1. The van der Waals surface area contributed by atoms with E-state index in [0.717, 1.165) is 25.3 Å². The average molecular weight is 567 g/mol. The number of para-hydroxylation sites is 1. The van der Waals surface area contributed by atoms with Crippen LogP contribution in [0, 0.1) is 11.8 Å². The quantitative estimate of drug-likeness (QED) is 0.521. The van der Waals surface area contributed by atoms with Gasteiger partial charge in [0.1, 0.15) is 6.04 Å². The zero-order chi connectivity index (χ0) is 28.1. The molecule has 10 heteroatoms. The lowest BCUT2D eigenvalue weighted by atomic mass is 9.74. The number of nitrogens with zero attached hydrogens (tertiary/aromatic N) is 4. The molecule has 9 nitrogen and oxygen atoms in total. The van der Waals surface area contributed by atoms with Crippen LogP contribution in [-0.2, 0) is 19.1 Å². The number of hydrogen-bond donors (Lipinski definition) is 1. The van der Waals surface area contributed by atoms with E-state index < -0.39 is 33.4 Å². The second kappa shape index (κ2) is 10.6. The SMILES string of the molecule is C[C@H](CO)N1C(=O)[C@@H]2[C@@H]3C(=O)N(c4ccccc4)CC=C[C@]3(C)S[C@@]23C=CCN(CCN2CCOCC2)C(=O)C13. The Bertz CT molecular complexity index is 1220. The molecule has 1 N–H and O–H groups in total. The van der Waals surface area contributed by atoms with Crippen LogP contribution in [0.25, 0.3) is 0 Å². The molecule has 214 valence electrons. The van der Waals surface area contributed by atoms with Gasteiger partial charge in [-0.3, -0.25) is 19.3 Å². The maximum Gasteiger partial charge on any atom is 0.247 e. The molecule has 5 aliphatic rings. The van der Waals surface area contributed by atoms with Crippen molar-refractivity contribution in [1.82, 2.24) is 14.7 Å². The highest BCUT2D eigenvalue weighted by molar-refractivity contribution is 8.02. The highest BCUT2D eigenvalue weighted by atomic mass is 32.2. The summed E-state index contributed by atoms with van der Waals surface area (Å²) in [6.07, 6.45) is 8.13. The van der Waals surface area contributed by atoms with Crippen LogP contribution in [0.4, 0.5) is 5.69 Å². The summed E-state index contributed by atoms with van der Waals surface area (Å²) in [6, 6.07) is 8.20. The van der Waals surface area contributed by atoms with Gasteiger partial charge in [0.05, 0.1) is 42.4 Å². The minimum absolute atomic E-state index is 0.104. The summed E-state index contributed by atoms with van der Waals surface area (Å²) < 4.78 is 3.89. The molecule has 3 fully saturated rings. The van der Waals surface area contributed by atoms with E-state index in [2.05, 4.69) is 11.0 Å². The highest BCUT2D eigenvalue weighted by Gasteiger charge is 2.74. The van der Waals surface area contributed by atoms with E-state index in [-0.39, 0.29) is 24.3 Å². The number of thioether (sulfide) groups is 1. The summed E-state index contributed by atoms with van der Waals surface area (Å²) in [4.78, 5) is 50.6. The molecule has 1 spiro atoms. The third-order valence-corrected chi connectivity index (χ3v) is 11.0. The molecule has 1 aromatic rings. The van der Waals surface area contributed by atoms with Gasteiger partial charge in [-0.2, -0.15) is 0 Å². The van der Waals surface area contributed by atoms with E-state index in [1.54, 1.807) is 28.5 Å². The van der Waals surface area contributed by atoms with E-state index >= 15 is 0 Å². The molecule has 6 rings (SSSR count). The summed E-state index contributed by atoms with van der Waals surface area (Å²) in [5, 5.41) is 10.2. The number of rotatable bonds is 6. The monoisotopic (exact) mass is 566 g/mol. The van der Waals surface area contributed by atoms with Crippen molar-refractivity contribution < 1.29 is 24.2 Å². The minimum Gasteiger partial charge on any atom is -0.394 e. The Morgan fingerprint density at radius 2 is 1.70 bits per heavy atom. The Balaban J connectivity index is 1.38. The first-order valence-electron chi connectivity index (χ1n) is 14.2. The van der Waals surface area contributed by atoms with Crippen molar-refractivity contribution in [2.45, 2.75) is 35.4 Å². The summed E-state index contributed by atoms with van der Waals surface area (Å²) in [5.74, 6) is -1.81. The second-order valence-electron chi connectivity index (χ2n) is 11.6. The lowest BCUT2D eigenvalue weighted by Crippen LogP contribution is -2.57. The van der Waals surface area contributed by atoms with Crippen molar-refractivity contribution >= 4 is 35.2 Å². The maximum atomic E-state index is 14.4. The van der Waals surface area contributed by atoms with Crippen molar-refractivity contribution in [2.24, 2.45) is 11.8 Å². The van der Waals surface area contributed by atoms with E-state index in [0.29, 0.717) is 32.8 Å². The summed E-state index contributed by atoms with van der Waals surface area (Å²) in [5.41, 5.74) is 0.789. The van der Waals surface area contributed by atoms with Gasteiger partial charge in [-0.25, -0.2) is 0 Å². The van der Waals surface area contributed by atoms with E-state index in [1.807, 2.05) is 60.4 Å². The maximum absolute atomic E-state index is 14.4. The van der Waals surface area contributed by atoms with Crippen LogP contribution < -0.4 is 4.90 Å². The molecular weight excluding hydrogens is 528 g/mol. The number of carbonyl (C=O) groups is 3. The van der Waals surface area contributed by atoms with E-state index in [4.69, 9.17) is 4.74 Å². The number of benzene rings is 1. The number of morpholine rings is 1. The van der Waals surface area contributed by atoms with Crippen LogP contribution in [0.1, 0.15) is 13.8 Å². The third kappa shape index (κ3) is 4.31. The Morgan fingerprint density at radius 1 is 0.975 bits per heavy atom. The lowest BCUT2D eigenvalue weighted by Gasteiger charge is -2.39. The van der Waals surface area contributed by atoms with Gasteiger partial charge in [-0.1, -0.05) is 42.5 Å². The predicted octanol–water partition coefficient (Wildman–Crippen LogP) is 1.39. The zero-order valence-corrected chi connectivity index (χ0v) is 24.0. The smallest absolute Gasteiger partial charge is 0.247 e. The van der Waals surface area contributed by atoms with Crippen molar-refractivity contribution in [1.29, 1.82) is 0 Å². The van der Waals surface area contributed by atoms with Gasteiger partial charge in [-0.15, -0.1) is 11.8 Å². The molecule has 3 amide bonds. The molecule has 0 bridgehead atoms. The normalized spacial score (nSPS) is 34.9. The van der Waals surface area contributed by atoms with Crippen LogP contribution in [0.5, 0.6) is 0 Å². The second-order valence-corrected chi connectivity index (χ2v) is 13.4. The summed E-state index contributed by atoms with van der Waals surface area (Å²) >= 11 is 1.57. The Morgan fingerprint density at radius 3 is 2.42 bits per heavy atom. The molecule has 40 heavy (non-hydrogen) atoms. The van der Waals surface area contributed by atoms with Crippen molar-refractivity contribution in [3.8, 4) is 0 Å². The molecule has 5 aliphatic heterocycles. The van der Waals surface area contributed by atoms with Gasteiger partial charge >= 0.3 is 0 Å². The molecule has 0 radical (unpaired) electrons. The molecule has 0 aliphatic carbocycles. The largest absolute Gasteiger partial charge is 0.394 e. The molecular formula is C30H38N4O5S. The molecule has 1 unspecified atom stereocenters. The van der Waals surface area contributed by atoms with Gasteiger partial charge in [0.2, 0.25) is 17.7 Å². The topological polar surface area (TPSA) is 93.6 Å². The molecule has 0 aromatic heterocycles. The first-order valence-corrected chi connectivity index (χ1v) is 15.1. The molecule has 5 heterocycles. The first-order chi connectivity index (χ1) is 19.3. The van der Waals surface area contributed by atoms with Crippen LogP contribution in [-0.4, -0.2) is 118 Å². The van der Waals surface area contributed by atoms with Crippen LogP contribution >= 0.6 is 11.8 Å². The summed E-state index contributed by atoms with van der Waals surface area (Å²) in [6.45, 7) is 8.75. The number of anilines is 1. The summed E-state index contributed by atoms with van der Waals surface area (Å²) in [7, 11) is 0. The number of fused-ring (bicyclic) bond motifs is 2. The van der Waals surface area contributed by atoms with Crippen LogP contribution in [0.3, 0.4) is 0 Å². The van der Waals surface area contributed by atoms with Gasteiger partial charge in [0.15, 0.2) is 0 Å². The fourth-order valence-electron chi connectivity index (χ4n) is 7.20. The Hall–Kier alpha value is -2.66. The fraction of sp³-hybridized carbons (Fsp3) is 0.567. The van der Waals surface area contributed by atoms with Gasteiger partial charge in [-0.05, 0) is 26.0 Å². The standard InChI is InChI=1S/C30H38N4O5S/c1-21(20-35)34-25-28(38)32(15-14-31-16-18-39-19-17-31)12-7-11-30(25)24(27(34)37)23-26(36)33(22-8-4-3-5-9-22)13-6-10-29(23,2)40-30/h3-11,21,23-25,35H,12-20H2,1-2H3/t21-,23-,24+,25?,29+,30+/m1/s1.